The molecule has 0 aromatic rings. The monoisotopic (exact) mass is 229 g/mol. The van der Waals surface area contributed by atoms with Crippen LogP contribution in [0, 0.1) is 5.92 Å². The summed E-state index contributed by atoms with van der Waals surface area (Å²) in [4.78, 5) is 0. The smallest absolute Gasteiger partial charge is 0.0741 e. The van der Waals surface area contributed by atoms with E-state index in [2.05, 4.69) is 19.2 Å². The summed E-state index contributed by atoms with van der Waals surface area (Å²) < 4.78 is 5.73. The Morgan fingerprint density at radius 3 is 2.75 bits per heavy atom. The van der Waals surface area contributed by atoms with Crippen LogP contribution in [0.4, 0.5) is 0 Å². The molecule has 1 fully saturated rings. The molecule has 96 valence electrons. The largest absolute Gasteiger partial charge is 0.389 e. The van der Waals surface area contributed by atoms with Gasteiger partial charge in [-0.15, -0.1) is 0 Å². The van der Waals surface area contributed by atoms with Gasteiger partial charge in [-0.1, -0.05) is 20.8 Å². The lowest BCUT2D eigenvalue weighted by Crippen LogP contribution is -2.46. The first-order chi connectivity index (χ1) is 7.44. The first-order valence-electron chi connectivity index (χ1n) is 6.52. The Kier molecular flexibility index (Phi) is 5.22. The van der Waals surface area contributed by atoms with E-state index in [9.17, 15) is 5.11 Å². The van der Waals surface area contributed by atoms with Crippen molar-refractivity contribution in [1.29, 1.82) is 0 Å². The van der Waals surface area contributed by atoms with Crippen LogP contribution in [0.1, 0.15) is 47.0 Å². The SMILES string of the molecule is CCC(C)(O)CNC1CCOC(C(C)C)C1. The second-order valence-corrected chi connectivity index (χ2v) is 5.61. The number of hydrogen-bond acceptors (Lipinski definition) is 3. The van der Waals surface area contributed by atoms with E-state index >= 15 is 0 Å². The molecule has 0 bridgehead atoms. The molecular weight excluding hydrogens is 202 g/mol. The van der Waals surface area contributed by atoms with Gasteiger partial charge in [-0.2, -0.15) is 0 Å². The van der Waals surface area contributed by atoms with Crippen molar-refractivity contribution in [2.24, 2.45) is 5.92 Å². The summed E-state index contributed by atoms with van der Waals surface area (Å²) in [5, 5.41) is 13.4. The molecule has 3 nitrogen and oxygen atoms in total. The number of ether oxygens (including phenoxy) is 1. The van der Waals surface area contributed by atoms with Crippen molar-refractivity contribution in [3.63, 3.8) is 0 Å². The van der Waals surface area contributed by atoms with Crippen molar-refractivity contribution in [1.82, 2.24) is 5.32 Å². The molecule has 3 unspecified atom stereocenters. The van der Waals surface area contributed by atoms with Crippen molar-refractivity contribution in [2.45, 2.75) is 64.7 Å². The third kappa shape index (κ3) is 4.40. The molecule has 2 N–H and O–H groups in total. The summed E-state index contributed by atoms with van der Waals surface area (Å²) in [5.41, 5.74) is -0.578. The summed E-state index contributed by atoms with van der Waals surface area (Å²) in [6.07, 6.45) is 3.29. The number of nitrogens with one attached hydrogen (secondary N) is 1. The fourth-order valence-electron chi connectivity index (χ4n) is 1.97. The van der Waals surface area contributed by atoms with Gasteiger partial charge in [0.25, 0.3) is 0 Å². The molecule has 3 atom stereocenters. The van der Waals surface area contributed by atoms with E-state index in [0.29, 0.717) is 24.6 Å². The second kappa shape index (κ2) is 5.99. The van der Waals surface area contributed by atoms with Crippen LogP contribution >= 0.6 is 0 Å². The lowest BCUT2D eigenvalue weighted by atomic mass is 9.94. The average Bonchev–Trinajstić information content (AvgIpc) is 2.27. The zero-order valence-electron chi connectivity index (χ0n) is 11.1. The molecule has 1 saturated heterocycles. The standard InChI is InChI=1S/C13H27NO2/c1-5-13(4,15)9-14-11-6-7-16-12(8-11)10(2)3/h10-12,14-15H,5-9H2,1-4H3. The minimum absolute atomic E-state index is 0.373. The molecule has 0 aromatic carbocycles. The van der Waals surface area contributed by atoms with Crippen molar-refractivity contribution >= 4 is 0 Å². The Balaban J connectivity index is 2.32. The zero-order chi connectivity index (χ0) is 12.2. The predicted octanol–water partition coefficient (Wildman–Crippen LogP) is 1.94. The molecule has 0 saturated carbocycles. The maximum atomic E-state index is 9.94. The van der Waals surface area contributed by atoms with Crippen molar-refractivity contribution in [2.75, 3.05) is 13.2 Å². The fourth-order valence-corrected chi connectivity index (χ4v) is 1.97. The van der Waals surface area contributed by atoms with Gasteiger partial charge in [-0.05, 0) is 32.1 Å². The summed E-state index contributed by atoms with van der Waals surface area (Å²) in [5.74, 6) is 0.580. The van der Waals surface area contributed by atoms with Crippen LogP contribution in [-0.2, 0) is 4.74 Å². The molecule has 1 aliphatic heterocycles. The highest BCUT2D eigenvalue weighted by Crippen LogP contribution is 2.20. The minimum atomic E-state index is -0.578. The molecule has 1 aliphatic rings. The van der Waals surface area contributed by atoms with Gasteiger partial charge >= 0.3 is 0 Å². The van der Waals surface area contributed by atoms with Crippen LogP contribution in [0.2, 0.25) is 0 Å². The Hall–Kier alpha value is -0.120. The van der Waals surface area contributed by atoms with E-state index in [0.717, 1.165) is 25.9 Å². The van der Waals surface area contributed by atoms with Crippen LogP contribution < -0.4 is 5.32 Å². The van der Waals surface area contributed by atoms with E-state index in [1.165, 1.54) is 0 Å². The lowest BCUT2D eigenvalue weighted by Gasteiger charge is -2.34. The first kappa shape index (κ1) is 13.9. The van der Waals surface area contributed by atoms with Gasteiger partial charge in [-0.25, -0.2) is 0 Å². The Labute approximate surface area is 99.6 Å². The van der Waals surface area contributed by atoms with Crippen molar-refractivity contribution < 1.29 is 9.84 Å². The fraction of sp³-hybridized carbons (Fsp3) is 1.00. The van der Waals surface area contributed by atoms with Gasteiger partial charge in [0.15, 0.2) is 0 Å². The second-order valence-electron chi connectivity index (χ2n) is 5.61. The lowest BCUT2D eigenvalue weighted by molar-refractivity contribution is -0.0293. The first-order valence-corrected chi connectivity index (χ1v) is 6.52. The van der Waals surface area contributed by atoms with E-state index < -0.39 is 5.60 Å². The van der Waals surface area contributed by atoms with Gasteiger partial charge in [-0.3, -0.25) is 0 Å². The highest BCUT2D eigenvalue weighted by Gasteiger charge is 2.26. The maximum absolute atomic E-state index is 9.94. The van der Waals surface area contributed by atoms with Crippen LogP contribution in [-0.4, -0.2) is 36.0 Å². The quantitative estimate of drug-likeness (QED) is 0.757. The van der Waals surface area contributed by atoms with Crippen LogP contribution in [0.3, 0.4) is 0 Å². The maximum Gasteiger partial charge on any atom is 0.0741 e. The van der Waals surface area contributed by atoms with E-state index in [1.807, 2.05) is 13.8 Å². The normalized spacial score (nSPS) is 30.4. The van der Waals surface area contributed by atoms with Gasteiger partial charge in [0.2, 0.25) is 0 Å². The van der Waals surface area contributed by atoms with E-state index in [-0.39, 0.29) is 0 Å². The van der Waals surface area contributed by atoms with Gasteiger partial charge in [0, 0.05) is 19.2 Å². The van der Waals surface area contributed by atoms with E-state index in [1.54, 1.807) is 0 Å². The average molecular weight is 229 g/mol. The molecule has 1 heterocycles. The van der Waals surface area contributed by atoms with Gasteiger partial charge < -0.3 is 15.2 Å². The molecular formula is C13H27NO2. The molecule has 0 aromatic heterocycles. The number of rotatable bonds is 5. The molecule has 0 spiro atoms. The summed E-state index contributed by atoms with van der Waals surface area (Å²) >= 11 is 0. The van der Waals surface area contributed by atoms with Crippen LogP contribution in [0.5, 0.6) is 0 Å². The third-order valence-corrected chi connectivity index (χ3v) is 3.59. The molecule has 16 heavy (non-hydrogen) atoms. The van der Waals surface area contributed by atoms with Gasteiger partial charge in [0.1, 0.15) is 0 Å². The Bertz CT molecular complexity index is 204. The third-order valence-electron chi connectivity index (χ3n) is 3.59. The molecule has 0 amide bonds. The summed E-state index contributed by atoms with van der Waals surface area (Å²) in [7, 11) is 0. The molecule has 0 radical (unpaired) electrons. The molecule has 0 aliphatic carbocycles. The number of hydrogen-bond donors (Lipinski definition) is 2. The minimum Gasteiger partial charge on any atom is -0.389 e. The summed E-state index contributed by atoms with van der Waals surface area (Å²) in [6.45, 7) is 9.83. The van der Waals surface area contributed by atoms with Crippen molar-refractivity contribution in [3.8, 4) is 0 Å². The number of aliphatic hydroxyl groups is 1. The highest BCUT2D eigenvalue weighted by molar-refractivity contribution is 4.82. The Morgan fingerprint density at radius 1 is 1.50 bits per heavy atom. The topological polar surface area (TPSA) is 41.5 Å². The molecule has 1 rings (SSSR count). The zero-order valence-corrected chi connectivity index (χ0v) is 11.1. The Morgan fingerprint density at radius 2 is 2.19 bits per heavy atom. The highest BCUT2D eigenvalue weighted by atomic mass is 16.5. The predicted molar refractivity (Wildman–Crippen MR) is 66.5 cm³/mol. The van der Waals surface area contributed by atoms with Crippen LogP contribution in [0.15, 0.2) is 0 Å². The molecule has 3 heteroatoms. The summed E-state index contributed by atoms with van der Waals surface area (Å²) in [6, 6.07) is 0.499. The van der Waals surface area contributed by atoms with E-state index in [4.69, 9.17) is 4.74 Å². The van der Waals surface area contributed by atoms with Crippen molar-refractivity contribution in [3.05, 3.63) is 0 Å². The van der Waals surface area contributed by atoms with Gasteiger partial charge in [0.05, 0.1) is 11.7 Å². The van der Waals surface area contributed by atoms with Crippen LogP contribution in [0.25, 0.3) is 0 Å².